The van der Waals surface area contributed by atoms with Crippen LogP contribution in [0.15, 0.2) is 41.0 Å². The Kier molecular flexibility index (Phi) is 6.05. The van der Waals surface area contributed by atoms with Crippen molar-refractivity contribution in [3.8, 4) is 5.75 Å². The number of rotatable bonds is 7. The monoisotopic (exact) mass is 336 g/mol. The summed E-state index contributed by atoms with van der Waals surface area (Å²) in [5.41, 5.74) is 0.518. The van der Waals surface area contributed by atoms with E-state index >= 15 is 0 Å². The second-order valence-corrected chi connectivity index (χ2v) is 5.17. The van der Waals surface area contributed by atoms with Crippen molar-refractivity contribution in [2.24, 2.45) is 0 Å². The van der Waals surface area contributed by atoms with Gasteiger partial charge in [-0.2, -0.15) is 0 Å². The van der Waals surface area contributed by atoms with E-state index in [9.17, 15) is 9.59 Å². The van der Waals surface area contributed by atoms with Gasteiger partial charge < -0.3 is 19.8 Å². The van der Waals surface area contributed by atoms with Gasteiger partial charge in [0.1, 0.15) is 5.75 Å². The molecule has 122 valence electrons. The zero-order valence-electron chi connectivity index (χ0n) is 12.6. The summed E-state index contributed by atoms with van der Waals surface area (Å²) in [5.74, 6) is 0.303. The van der Waals surface area contributed by atoms with Crippen LogP contribution in [-0.4, -0.2) is 25.5 Å². The van der Waals surface area contributed by atoms with Gasteiger partial charge >= 0.3 is 0 Å². The van der Waals surface area contributed by atoms with Gasteiger partial charge in [0.25, 0.3) is 5.91 Å². The number of carbonyl (C=O) groups excluding carboxylic acids is 2. The van der Waals surface area contributed by atoms with Gasteiger partial charge in [-0.05, 0) is 36.8 Å². The topological polar surface area (TPSA) is 80.6 Å². The SMILES string of the molecule is COc1ccc(Cl)cc1NC(=O)CCCNC(=O)c1ccco1. The van der Waals surface area contributed by atoms with Gasteiger partial charge in [-0.3, -0.25) is 9.59 Å². The fraction of sp³-hybridized carbons (Fsp3) is 0.250. The molecule has 1 heterocycles. The fourth-order valence-electron chi connectivity index (χ4n) is 1.94. The van der Waals surface area contributed by atoms with Crippen molar-refractivity contribution in [2.45, 2.75) is 12.8 Å². The van der Waals surface area contributed by atoms with Gasteiger partial charge in [-0.25, -0.2) is 0 Å². The van der Waals surface area contributed by atoms with Gasteiger partial charge in [-0.1, -0.05) is 11.6 Å². The molecule has 7 heteroatoms. The lowest BCUT2D eigenvalue weighted by Crippen LogP contribution is -2.25. The van der Waals surface area contributed by atoms with Crippen LogP contribution in [0.25, 0.3) is 0 Å². The molecule has 0 radical (unpaired) electrons. The predicted octanol–water partition coefficient (Wildman–Crippen LogP) is 3.09. The molecule has 6 nitrogen and oxygen atoms in total. The van der Waals surface area contributed by atoms with E-state index in [1.54, 1.807) is 30.3 Å². The van der Waals surface area contributed by atoms with E-state index < -0.39 is 0 Å². The predicted molar refractivity (Wildman–Crippen MR) is 86.9 cm³/mol. The number of hydrogen-bond acceptors (Lipinski definition) is 4. The Balaban J connectivity index is 1.75. The number of amides is 2. The molecule has 0 atom stereocenters. The van der Waals surface area contributed by atoms with Gasteiger partial charge in [0, 0.05) is 18.0 Å². The lowest BCUT2D eigenvalue weighted by molar-refractivity contribution is -0.116. The number of anilines is 1. The largest absolute Gasteiger partial charge is 0.495 e. The van der Waals surface area contributed by atoms with E-state index in [1.165, 1.54) is 13.4 Å². The molecule has 0 aliphatic rings. The number of halogens is 1. The van der Waals surface area contributed by atoms with Crippen LogP contribution in [0.3, 0.4) is 0 Å². The molecule has 0 unspecified atom stereocenters. The normalized spacial score (nSPS) is 10.2. The summed E-state index contributed by atoms with van der Waals surface area (Å²) in [5, 5.41) is 5.92. The van der Waals surface area contributed by atoms with E-state index in [4.69, 9.17) is 20.8 Å². The zero-order chi connectivity index (χ0) is 16.7. The van der Waals surface area contributed by atoms with Crippen molar-refractivity contribution < 1.29 is 18.7 Å². The Labute approximate surface area is 138 Å². The molecular formula is C16H17ClN2O4. The molecule has 0 aliphatic carbocycles. The summed E-state index contributed by atoms with van der Waals surface area (Å²) in [4.78, 5) is 23.6. The molecular weight excluding hydrogens is 320 g/mol. The Bertz CT molecular complexity index is 671. The first-order valence-corrected chi connectivity index (χ1v) is 7.43. The summed E-state index contributed by atoms with van der Waals surface area (Å²) in [6.45, 7) is 0.375. The minimum Gasteiger partial charge on any atom is -0.495 e. The summed E-state index contributed by atoms with van der Waals surface area (Å²) < 4.78 is 10.1. The molecule has 1 aromatic carbocycles. The van der Waals surface area contributed by atoms with Crippen LogP contribution in [-0.2, 0) is 4.79 Å². The van der Waals surface area contributed by atoms with E-state index in [1.807, 2.05) is 0 Å². The average molecular weight is 337 g/mol. The van der Waals surface area contributed by atoms with Crippen LogP contribution >= 0.6 is 11.6 Å². The van der Waals surface area contributed by atoms with Crippen LogP contribution in [0, 0.1) is 0 Å². The molecule has 0 bridgehead atoms. The molecule has 0 saturated carbocycles. The van der Waals surface area contributed by atoms with E-state index in [-0.39, 0.29) is 24.0 Å². The van der Waals surface area contributed by atoms with Crippen molar-refractivity contribution in [1.82, 2.24) is 5.32 Å². The number of nitrogens with one attached hydrogen (secondary N) is 2. The van der Waals surface area contributed by atoms with Crippen LogP contribution < -0.4 is 15.4 Å². The zero-order valence-corrected chi connectivity index (χ0v) is 13.4. The Morgan fingerprint density at radius 1 is 1.30 bits per heavy atom. The van der Waals surface area contributed by atoms with Crippen LogP contribution in [0.1, 0.15) is 23.4 Å². The van der Waals surface area contributed by atoms with Crippen molar-refractivity contribution in [3.63, 3.8) is 0 Å². The van der Waals surface area contributed by atoms with E-state index in [0.29, 0.717) is 29.4 Å². The minimum absolute atomic E-state index is 0.183. The van der Waals surface area contributed by atoms with Gasteiger partial charge in [0.2, 0.25) is 5.91 Å². The number of furan rings is 1. The highest BCUT2D eigenvalue weighted by Crippen LogP contribution is 2.27. The first kappa shape index (κ1) is 16.9. The molecule has 0 fully saturated rings. The third-order valence-corrected chi connectivity index (χ3v) is 3.28. The average Bonchev–Trinajstić information content (AvgIpc) is 3.06. The first-order chi connectivity index (χ1) is 11.1. The van der Waals surface area contributed by atoms with Gasteiger partial charge in [0.05, 0.1) is 19.1 Å². The highest BCUT2D eigenvalue weighted by molar-refractivity contribution is 6.31. The van der Waals surface area contributed by atoms with Crippen molar-refractivity contribution in [2.75, 3.05) is 19.0 Å². The number of hydrogen-bond donors (Lipinski definition) is 2. The molecule has 2 N–H and O–H groups in total. The standard InChI is InChI=1S/C16H17ClN2O4/c1-22-13-7-6-11(17)10-12(13)19-15(20)5-2-8-18-16(21)14-4-3-9-23-14/h3-4,6-7,9-10H,2,5,8H2,1H3,(H,18,21)(H,19,20). The van der Waals surface area contributed by atoms with Gasteiger partial charge in [-0.15, -0.1) is 0 Å². The number of methoxy groups -OCH3 is 1. The maximum Gasteiger partial charge on any atom is 0.286 e. The second kappa shape index (κ2) is 8.24. The molecule has 2 aromatic rings. The van der Waals surface area contributed by atoms with Crippen molar-refractivity contribution >= 4 is 29.1 Å². The van der Waals surface area contributed by atoms with Crippen molar-refractivity contribution in [1.29, 1.82) is 0 Å². The fourth-order valence-corrected chi connectivity index (χ4v) is 2.11. The smallest absolute Gasteiger partial charge is 0.286 e. The molecule has 0 spiro atoms. The minimum atomic E-state index is -0.299. The highest BCUT2D eigenvalue weighted by Gasteiger charge is 2.10. The number of carbonyl (C=O) groups is 2. The number of benzene rings is 1. The van der Waals surface area contributed by atoms with E-state index in [0.717, 1.165) is 0 Å². The third kappa shape index (κ3) is 5.03. The molecule has 0 aliphatic heterocycles. The number of ether oxygens (including phenoxy) is 1. The first-order valence-electron chi connectivity index (χ1n) is 7.05. The lowest BCUT2D eigenvalue weighted by atomic mass is 10.2. The molecule has 23 heavy (non-hydrogen) atoms. The molecule has 0 saturated heterocycles. The van der Waals surface area contributed by atoms with Crippen LogP contribution in [0.2, 0.25) is 5.02 Å². The molecule has 1 aromatic heterocycles. The Morgan fingerprint density at radius 3 is 2.83 bits per heavy atom. The molecule has 2 amide bonds. The van der Waals surface area contributed by atoms with Crippen molar-refractivity contribution in [3.05, 3.63) is 47.4 Å². The Hall–Kier alpha value is -2.47. The van der Waals surface area contributed by atoms with Crippen LogP contribution in [0.5, 0.6) is 5.75 Å². The second-order valence-electron chi connectivity index (χ2n) is 4.73. The summed E-state index contributed by atoms with van der Waals surface area (Å²) >= 11 is 5.90. The summed E-state index contributed by atoms with van der Waals surface area (Å²) in [6, 6.07) is 8.20. The third-order valence-electron chi connectivity index (χ3n) is 3.05. The van der Waals surface area contributed by atoms with Crippen LogP contribution in [0.4, 0.5) is 5.69 Å². The summed E-state index contributed by atoms with van der Waals surface area (Å²) in [6.07, 6.45) is 2.19. The summed E-state index contributed by atoms with van der Waals surface area (Å²) in [7, 11) is 1.52. The maximum atomic E-state index is 11.9. The quantitative estimate of drug-likeness (QED) is 0.761. The van der Waals surface area contributed by atoms with Gasteiger partial charge in [0.15, 0.2) is 5.76 Å². The highest BCUT2D eigenvalue weighted by atomic mass is 35.5. The Morgan fingerprint density at radius 2 is 2.13 bits per heavy atom. The lowest BCUT2D eigenvalue weighted by Gasteiger charge is -2.10. The van der Waals surface area contributed by atoms with E-state index in [2.05, 4.69) is 10.6 Å². The molecule has 2 rings (SSSR count). The maximum absolute atomic E-state index is 11.9.